The smallest absolute Gasteiger partial charge is 0.408 e. The quantitative estimate of drug-likeness (QED) is 0.291. The van der Waals surface area contributed by atoms with Crippen LogP contribution in [-0.4, -0.2) is 28.8 Å². The summed E-state index contributed by atoms with van der Waals surface area (Å²) in [5, 5.41) is 14.1. The number of nitrogens with one attached hydrogen (secondary N) is 1. The first-order valence-electron chi connectivity index (χ1n) is 5.30. The summed E-state index contributed by atoms with van der Waals surface area (Å²) in [7, 11) is 0. The second-order valence-electron chi connectivity index (χ2n) is 4.99. The standard InChI is InChI=1S/C10H19N3O3/c1-10(2,3)16-9(14)12-7(6-4-5-6)8(11)13-15/h6-7,15H,4-5H2,1-3H3,(H2,11,13)(H,12,14)/t7-/m1/s1. The lowest BCUT2D eigenvalue weighted by Crippen LogP contribution is -2.47. The van der Waals surface area contributed by atoms with Crippen LogP contribution in [0.1, 0.15) is 33.6 Å². The minimum Gasteiger partial charge on any atom is -0.444 e. The Labute approximate surface area is 94.8 Å². The van der Waals surface area contributed by atoms with Crippen molar-refractivity contribution in [3.05, 3.63) is 0 Å². The van der Waals surface area contributed by atoms with Crippen LogP contribution in [0.4, 0.5) is 4.79 Å². The van der Waals surface area contributed by atoms with E-state index < -0.39 is 17.7 Å². The van der Waals surface area contributed by atoms with E-state index in [0.717, 1.165) is 12.8 Å². The van der Waals surface area contributed by atoms with Gasteiger partial charge in [-0.3, -0.25) is 0 Å². The molecule has 0 aromatic rings. The Morgan fingerprint density at radius 2 is 2.12 bits per heavy atom. The average Bonchev–Trinajstić information content (AvgIpc) is 2.93. The van der Waals surface area contributed by atoms with E-state index in [-0.39, 0.29) is 11.8 Å². The number of carbonyl (C=O) groups excluding carboxylic acids is 1. The summed E-state index contributed by atoms with van der Waals surface area (Å²) in [6.45, 7) is 5.34. The number of hydrogen-bond donors (Lipinski definition) is 3. The van der Waals surface area contributed by atoms with Crippen molar-refractivity contribution in [2.24, 2.45) is 16.8 Å². The molecule has 1 amide bonds. The van der Waals surface area contributed by atoms with Gasteiger partial charge in [-0.25, -0.2) is 4.79 Å². The van der Waals surface area contributed by atoms with Crippen molar-refractivity contribution in [3.63, 3.8) is 0 Å². The summed E-state index contributed by atoms with van der Waals surface area (Å²) >= 11 is 0. The molecule has 16 heavy (non-hydrogen) atoms. The molecule has 1 rings (SSSR count). The summed E-state index contributed by atoms with van der Waals surface area (Å²) in [5.41, 5.74) is 4.95. The van der Waals surface area contributed by atoms with Gasteiger partial charge in [-0.2, -0.15) is 0 Å². The second-order valence-corrected chi connectivity index (χ2v) is 4.99. The number of oxime groups is 1. The number of ether oxygens (including phenoxy) is 1. The fraction of sp³-hybridized carbons (Fsp3) is 0.800. The molecule has 1 aliphatic rings. The third-order valence-electron chi connectivity index (χ3n) is 2.20. The van der Waals surface area contributed by atoms with Crippen molar-refractivity contribution in [3.8, 4) is 0 Å². The molecule has 0 aliphatic heterocycles. The summed E-state index contributed by atoms with van der Waals surface area (Å²) in [6.07, 6.45) is 1.39. The molecule has 1 aliphatic carbocycles. The average molecular weight is 229 g/mol. The molecule has 92 valence electrons. The molecule has 0 saturated heterocycles. The first-order chi connectivity index (χ1) is 7.33. The lowest BCUT2D eigenvalue weighted by molar-refractivity contribution is 0.0513. The molecule has 1 fully saturated rings. The van der Waals surface area contributed by atoms with E-state index in [2.05, 4.69) is 10.5 Å². The van der Waals surface area contributed by atoms with E-state index in [1.165, 1.54) is 0 Å². The summed E-state index contributed by atoms with van der Waals surface area (Å²) < 4.78 is 5.10. The van der Waals surface area contributed by atoms with Gasteiger partial charge in [0, 0.05) is 0 Å². The Morgan fingerprint density at radius 1 is 1.56 bits per heavy atom. The molecule has 0 spiro atoms. The Balaban J connectivity index is 2.52. The highest BCUT2D eigenvalue weighted by atomic mass is 16.6. The van der Waals surface area contributed by atoms with Crippen LogP contribution in [0, 0.1) is 5.92 Å². The van der Waals surface area contributed by atoms with Gasteiger partial charge in [0.2, 0.25) is 0 Å². The Hall–Kier alpha value is -1.46. The van der Waals surface area contributed by atoms with E-state index >= 15 is 0 Å². The van der Waals surface area contributed by atoms with E-state index in [1.54, 1.807) is 20.8 Å². The zero-order valence-corrected chi connectivity index (χ0v) is 9.86. The number of alkyl carbamates (subject to hydrolysis) is 1. The highest BCUT2D eigenvalue weighted by molar-refractivity contribution is 5.89. The van der Waals surface area contributed by atoms with Crippen molar-refractivity contribution in [2.75, 3.05) is 0 Å². The summed E-state index contributed by atoms with van der Waals surface area (Å²) in [6, 6.07) is -0.431. The highest BCUT2D eigenvalue weighted by Gasteiger charge is 2.36. The Kier molecular flexibility index (Phi) is 3.62. The molecule has 1 atom stereocenters. The molecule has 0 heterocycles. The summed E-state index contributed by atoms with van der Waals surface area (Å²) in [5.74, 6) is 0.275. The van der Waals surface area contributed by atoms with Crippen molar-refractivity contribution >= 4 is 11.9 Å². The Bertz CT molecular complexity index is 292. The van der Waals surface area contributed by atoms with Gasteiger partial charge < -0.3 is 21.0 Å². The molecule has 1 saturated carbocycles. The predicted molar refractivity (Wildman–Crippen MR) is 59.3 cm³/mol. The van der Waals surface area contributed by atoms with Crippen LogP contribution in [0.2, 0.25) is 0 Å². The second kappa shape index (κ2) is 4.59. The fourth-order valence-electron chi connectivity index (χ4n) is 1.36. The fourth-order valence-corrected chi connectivity index (χ4v) is 1.36. The van der Waals surface area contributed by atoms with Crippen LogP contribution in [0.3, 0.4) is 0 Å². The molecule has 6 heteroatoms. The molecule has 0 aromatic heterocycles. The lowest BCUT2D eigenvalue weighted by atomic mass is 10.1. The largest absolute Gasteiger partial charge is 0.444 e. The molecule has 0 aromatic carbocycles. The minimum atomic E-state index is -0.552. The van der Waals surface area contributed by atoms with E-state index in [9.17, 15) is 4.79 Å². The molecule has 6 nitrogen and oxygen atoms in total. The maximum absolute atomic E-state index is 11.5. The zero-order valence-electron chi connectivity index (χ0n) is 9.86. The van der Waals surface area contributed by atoms with Gasteiger partial charge >= 0.3 is 6.09 Å². The maximum Gasteiger partial charge on any atom is 0.408 e. The number of hydrogen-bond acceptors (Lipinski definition) is 4. The van der Waals surface area contributed by atoms with E-state index in [4.69, 9.17) is 15.7 Å². The molecular formula is C10H19N3O3. The number of nitrogens with two attached hydrogens (primary N) is 1. The molecular weight excluding hydrogens is 210 g/mol. The van der Waals surface area contributed by atoms with Crippen LogP contribution >= 0.6 is 0 Å². The number of amidine groups is 1. The maximum atomic E-state index is 11.5. The molecule has 0 radical (unpaired) electrons. The zero-order chi connectivity index (χ0) is 12.3. The van der Waals surface area contributed by atoms with Gasteiger partial charge in [-0.1, -0.05) is 5.16 Å². The van der Waals surface area contributed by atoms with Crippen molar-refractivity contribution < 1.29 is 14.7 Å². The monoisotopic (exact) mass is 229 g/mol. The first kappa shape index (κ1) is 12.6. The van der Waals surface area contributed by atoms with Gasteiger partial charge in [0.1, 0.15) is 5.60 Å². The van der Waals surface area contributed by atoms with Gasteiger partial charge in [0.05, 0.1) is 6.04 Å². The molecule has 0 bridgehead atoms. The number of amides is 1. The normalized spacial score (nSPS) is 19.1. The number of nitrogens with zero attached hydrogens (tertiary/aromatic N) is 1. The highest BCUT2D eigenvalue weighted by Crippen LogP contribution is 2.32. The van der Waals surface area contributed by atoms with Crippen molar-refractivity contribution in [2.45, 2.75) is 45.3 Å². The Morgan fingerprint density at radius 3 is 2.50 bits per heavy atom. The lowest BCUT2D eigenvalue weighted by Gasteiger charge is -2.22. The predicted octanol–water partition coefficient (Wildman–Crippen LogP) is 1.04. The third-order valence-corrected chi connectivity index (χ3v) is 2.20. The molecule has 0 unspecified atom stereocenters. The summed E-state index contributed by atoms with van der Waals surface area (Å²) in [4.78, 5) is 11.5. The van der Waals surface area contributed by atoms with Gasteiger partial charge in [0.25, 0.3) is 0 Å². The number of carbonyl (C=O) groups is 1. The van der Waals surface area contributed by atoms with Crippen LogP contribution in [-0.2, 0) is 4.74 Å². The van der Waals surface area contributed by atoms with Crippen LogP contribution < -0.4 is 11.1 Å². The minimum absolute atomic E-state index is 0.0216. The van der Waals surface area contributed by atoms with Crippen molar-refractivity contribution in [1.82, 2.24) is 5.32 Å². The topological polar surface area (TPSA) is 96.9 Å². The van der Waals surface area contributed by atoms with Gasteiger partial charge in [0.15, 0.2) is 5.84 Å². The molecule has 4 N–H and O–H groups in total. The third kappa shape index (κ3) is 3.96. The number of rotatable bonds is 3. The van der Waals surface area contributed by atoms with E-state index in [0.29, 0.717) is 0 Å². The van der Waals surface area contributed by atoms with Gasteiger partial charge in [-0.15, -0.1) is 0 Å². The first-order valence-corrected chi connectivity index (χ1v) is 5.30. The van der Waals surface area contributed by atoms with Crippen LogP contribution in [0.25, 0.3) is 0 Å². The van der Waals surface area contributed by atoms with Gasteiger partial charge in [-0.05, 0) is 39.5 Å². The van der Waals surface area contributed by atoms with Crippen LogP contribution in [0.5, 0.6) is 0 Å². The van der Waals surface area contributed by atoms with E-state index in [1.807, 2.05) is 0 Å². The van der Waals surface area contributed by atoms with Crippen molar-refractivity contribution in [1.29, 1.82) is 0 Å². The SMILES string of the molecule is CC(C)(C)OC(=O)N[C@@H](/C(N)=N\O)C1CC1. The van der Waals surface area contributed by atoms with Crippen LogP contribution in [0.15, 0.2) is 5.16 Å².